The molecule has 0 bridgehead atoms. The smallest absolute Gasteiger partial charge is 0.254 e. The quantitative estimate of drug-likeness (QED) is 0.632. The number of amides is 1. The molecule has 0 aliphatic rings. The monoisotopic (exact) mass is 222 g/mol. The van der Waals surface area contributed by atoms with E-state index in [9.17, 15) is 9.59 Å². The number of hydrogen-bond donors (Lipinski definition) is 3. The lowest BCUT2D eigenvalue weighted by Crippen LogP contribution is -2.34. The third-order valence-corrected chi connectivity index (χ3v) is 2.08. The molecule has 5 heteroatoms. The van der Waals surface area contributed by atoms with Gasteiger partial charge in [-0.25, -0.2) is 0 Å². The second-order valence-corrected chi connectivity index (χ2v) is 3.37. The third-order valence-electron chi connectivity index (χ3n) is 2.08. The Kier molecular flexibility index (Phi) is 4.16. The van der Waals surface area contributed by atoms with E-state index in [4.69, 9.17) is 10.8 Å². The van der Waals surface area contributed by atoms with Crippen molar-refractivity contribution >= 4 is 17.4 Å². The first-order chi connectivity index (χ1) is 7.54. The van der Waals surface area contributed by atoms with Crippen LogP contribution in [0, 0.1) is 0 Å². The molecule has 1 unspecified atom stereocenters. The highest BCUT2D eigenvalue weighted by molar-refractivity contribution is 5.96. The molecule has 86 valence electrons. The number of rotatable bonds is 4. The summed E-state index contributed by atoms with van der Waals surface area (Å²) in [5.41, 5.74) is 6.22. The molecule has 16 heavy (non-hydrogen) atoms. The van der Waals surface area contributed by atoms with Crippen LogP contribution >= 0.6 is 0 Å². The SMILES string of the molecule is CC(=O)c1ccc(NC(=O)C(O)CN)cc1. The lowest BCUT2D eigenvalue weighted by Gasteiger charge is -2.09. The first kappa shape index (κ1) is 12.4. The van der Waals surface area contributed by atoms with Gasteiger partial charge in [0, 0.05) is 17.8 Å². The van der Waals surface area contributed by atoms with Crippen LogP contribution < -0.4 is 11.1 Å². The molecule has 4 N–H and O–H groups in total. The Bertz CT molecular complexity index is 387. The molecule has 0 aliphatic carbocycles. The highest BCUT2D eigenvalue weighted by Gasteiger charge is 2.12. The van der Waals surface area contributed by atoms with Crippen LogP contribution in [0.2, 0.25) is 0 Å². The number of aliphatic hydroxyl groups is 1. The second-order valence-electron chi connectivity index (χ2n) is 3.37. The fourth-order valence-electron chi connectivity index (χ4n) is 1.12. The average Bonchev–Trinajstić information content (AvgIpc) is 2.28. The molecule has 0 aromatic heterocycles. The Morgan fingerprint density at radius 2 is 1.94 bits per heavy atom. The summed E-state index contributed by atoms with van der Waals surface area (Å²) < 4.78 is 0. The van der Waals surface area contributed by atoms with Gasteiger partial charge in [-0.3, -0.25) is 9.59 Å². The molecule has 0 heterocycles. The Hall–Kier alpha value is -1.72. The molecule has 1 aromatic carbocycles. The van der Waals surface area contributed by atoms with E-state index in [-0.39, 0.29) is 12.3 Å². The molecule has 1 rings (SSSR count). The maximum Gasteiger partial charge on any atom is 0.254 e. The van der Waals surface area contributed by atoms with Crippen molar-refractivity contribution in [3.63, 3.8) is 0 Å². The summed E-state index contributed by atoms with van der Waals surface area (Å²) in [4.78, 5) is 22.2. The van der Waals surface area contributed by atoms with Crippen LogP contribution in [-0.2, 0) is 4.79 Å². The Balaban J connectivity index is 2.69. The van der Waals surface area contributed by atoms with E-state index in [1.807, 2.05) is 0 Å². The minimum absolute atomic E-state index is 0.0418. The largest absolute Gasteiger partial charge is 0.382 e. The van der Waals surface area contributed by atoms with Gasteiger partial charge in [-0.05, 0) is 31.2 Å². The van der Waals surface area contributed by atoms with Crippen LogP contribution in [0.3, 0.4) is 0 Å². The van der Waals surface area contributed by atoms with Gasteiger partial charge in [0.1, 0.15) is 6.10 Å². The van der Waals surface area contributed by atoms with Crippen molar-refractivity contribution in [2.75, 3.05) is 11.9 Å². The van der Waals surface area contributed by atoms with E-state index in [2.05, 4.69) is 5.32 Å². The fourth-order valence-corrected chi connectivity index (χ4v) is 1.12. The van der Waals surface area contributed by atoms with E-state index in [0.717, 1.165) is 0 Å². The summed E-state index contributed by atoms with van der Waals surface area (Å²) in [7, 11) is 0. The number of nitrogens with one attached hydrogen (secondary N) is 1. The molecule has 0 radical (unpaired) electrons. The summed E-state index contributed by atoms with van der Waals surface area (Å²) >= 11 is 0. The van der Waals surface area contributed by atoms with Gasteiger partial charge in [-0.2, -0.15) is 0 Å². The predicted octanol–water partition coefficient (Wildman–Crippen LogP) is 0.147. The summed E-state index contributed by atoms with van der Waals surface area (Å²) in [5, 5.41) is 11.6. The maximum atomic E-state index is 11.3. The van der Waals surface area contributed by atoms with Gasteiger partial charge < -0.3 is 16.2 Å². The zero-order valence-corrected chi connectivity index (χ0v) is 8.93. The number of carbonyl (C=O) groups excluding carboxylic acids is 2. The van der Waals surface area contributed by atoms with Crippen LogP contribution in [0.5, 0.6) is 0 Å². The Morgan fingerprint density at radius 1 is 1.38 bits per heavy atom. The molecule has 1 atom stereocenters. The standard InChI is InChI=1S/C11H14N2O3/c1-7(14)8-2-4-9(5-3-8)13-11(16)10(15)6-12/h2-5,10,15H,6,12H2,1H3,(H,13,16). The van der Waals surface area contributed by atoms with Gasteiger partial charge >= 0.3 is 0 Å². The van der Waals surface area contributed by atoms with E-state index >= 15 is 0 Å². The predicted molar refractivity (Wildman–Crippen MR) is 60.1 cm³/mol. The highest BCUT2D eigenvalue weighted by atomic mass is 16.3. The van der Waals surface area contributed by atoms with Gasteiger partial charge in [-0.15, -0.1) is 0 Å². The molecule has 0 aliphatic heterocycles. The minimum Gasteiger partial charge on any atom is -0.382 e. The molecule has 0 spiro atoms. The van der Waals surface area contributed by atoms with Gasteiger partial charge in [0.05, 0.1) is 0 Å². The van der Waals surface area contributed by atoms with Crippen LogP contribution in [0.4, 0.5) is 5.69 Å². The molecule has 0 fully saturated rings. The summed E-state index contributed by atoms with van der Waals surface area (Å²) in [6.45, 7) is 1.34. The van der Waals surface area contributed by atoms with Crippen molar-refractivity contribution in [1.29, 1.82) is 0 Å². The number of aliphatic hydroxyl groups excluding tert-OH is 1. The van der Waals surface area contributed by atoms with Crippen LogP contribution in [0.25, 0.3) is 0 Å². The van der Waals surface area contributed by atoms with Crippen molar-refractivity contribution in [2.45, 2.75) is 13.0 Å². The first-order valence-corrected chi connectivity index (χ1v) is 4.84. The van der Waals surface area contributed by atoms with Gasteiger partial charge in [0.15, 0.2) is 5.78 Å². The number of ketones is 1. The fraction of sp³-hybridized carbons (Fsp3) is 0.273. The number of Topliss-reactive ketones (excluding diaryl/α,β-unsaturated/α-hetero) is 1. The number of carbonyl (C=O) groups is 2. The number of anilines is 1. The van der Waals surface area contributed by atoms with Crippen molar-refractivity contribution in [1.82, 2.24) is 0 Å². The normalized spacial score (nSPS) is 11.9. The molecule has 0 saturated heterocycles. The molecule has 1 aromatic rings. The molecule has 0 saturated carbocycles. The molecule has 1 amide bonds. The minimum atomic E-state index is -1.22. The molecular formula is C11H14N2O3. The van der Waals surface area contributed by atoms with Gasteiger partial charge in [-0.1, -0.05) is 0 Å². The summed E-state index contributed by atoms with van der Waals surface area (Å²) in [6, 6.07) is 6.40. The second kappa shape index (κ2) is 5.39. The lowest BCUT2D eigenvalue weighted by molar-refractivity contribution is -0.123. The first-order valence-electron chi connectivity index (χ1n) is 4.84. The Labute approximate surface area is 93.3 Å². The topological polar surface area (TPSA) is 92.4 Å². The lowest BCUT2D eigenvalue weighted by atomic mass is 10.1. The van der Waals surface area contributed by atoms with Crippen molar-refractivity contribution in [3.05, 3.63) is 29.8 Å². The van der Waals surface area contributed by atoms with E-state index in [1.165, 1.54) is 6.92 Å². The van der Waals surface area contributed by atoms with Crippen molar-refractivity contribution < 1.29 is 14.7 Å². The average molecular weight is 222 g/mol. The van der Waals surface area contributed by atoms with Gasteiger partial charge in [0.25, 0.3) is 5.91 Å². The van der Waals surface area contributed by atoms with E-state index in [1.54, 1.807) is 24.3 Å². The van der Waals surface area contributed by atoms with Crippen molar-refractivity contribution in [2.24, 2.45) is 5.73 Å². The maximum absolute atomic E-state index is 11.3. The van der Waals surface area contributed by atoms with Gasteiger partial charge in [0.2, 0.25) is 0 Å². The summed E-state index contributed by atoms with van der Waals surface area (Å²) in [6.07, 6.45) is -1.22. The van der Waals surface area contributed by atoms with E-state index < -0.39 is 12.0 Å². The summed E-state index contributed by atoms with van der Waals surface area (Å²) in [5.74, 6) is -0.599. The highest BCUT2D eigenvalue weighted by Crippen LogP contribution is 2.10. The zero-order valence-electron chi connectivity index (χ0n) is 8.93. The number of hydrogen-bond acceptors (Lipinski definition) is 4. The van der Waals surface area contributed by atoms with Crippen molar-refractivity contribution in [3.8, 4) is 0 Å². The number of nitrogens with two attached hydrogens (primary N) is 1. The molecule has 5 nitrogen and oxygen atoms in total. The van der Waals surface area contributed by atoms with Crippen LogP contribution in [0.15, 0.2) is 24.3 Å². The molecular weight excluding hydrogens is 208 g/mol. The van der Waals surface area contributed by atoms with Crippen LogP contribution in [0.1, 0.15) is 17.3 Å². The Morgan fingerprint density at radius 3 is 2.38 bits per heavy atom. The third kappa shape index (κ3) is 3.15. The van der Waals surface area contributed by atoms with Crippen LogP contribution in [-0.4, -0.2) is 29.4 Å². The van der Waals surface area contributed by atoms with E-state index in [0.29, 0.717) is 11.3 Å². The number of benzene rings is 1. The zero-order chi connectivity index (χ0) is 12.1.